The molecule has 0 radical (unpaired) electrons. The van der Waals surface area contributed by atoms with Crippen LogP contribution in [-0.2, 0) is 9.53 Å². The van der Waals surface area contributed by atoms with Gasteiger partial charge in [-0.1, -0.05) is 72.8 Å². The molecule has 12 heteroatoms. The van der Waals surface area contributed by atoms with Crippen molar-refractivity contribution >= 4 is 57.0 Å². The zero-order valence-electron chi connectivity index (χ0n) is 26.1. The predicted molar refractivity (Wildman–Crippen MR) is 186 cm³/mol. The number of carboxylic acid groups (broad SMARTS) is 1. The highest BCUT2D eigenvalue weighted by Gasteiger charge is 2.20. The molecule has 12 nitrogen and oxygen atoms in total. The Kier molecular flexibility index (Phi) is 11.4. The maximum Gasteiger partial charge on any atom is 0.376 e. The first kappa shape index (κ1) is 34.2. The number of aromatic amines is 1. The maximum absolute atomic E-state index is 11.8. The van der Waals surface area contributed by atoms with Gasteiger partial charge >= 0.3 is 5.97 Å². The van der Waals surface area contributed by atoms with Crippen LogP contribution < -0.4 is 17.0 Å². The SMILES string of the molecule is CC(=O)O.CCOC(=O)c1oc2ccc(-c3ccccc3)cc2c1N.N=CN.O=c1[nH]cnc2c1oc1ccc(-c3ccccc3)cc12. The van der Waals surface area contributed by atoms with E-state index in [0.29, 0.717) is 22.4 Å². The van der Waals surface area contributed by atoms with Gasteiger partial charge in [0, 0.05) is 17.7 Å². The molecule has 0 unspecified atom stereocenters. The van der Waals surface area contributed by atoms with Gasteiger partial charge in [-0.25, -0.2) is 9.78 Å². The van der Waals surface area contributed by atoms with Crippen LogP contribution in [0.1, 0.15) is 24.4 Å². The number of benzene rings is 4. The molecule has 0 aliphatic carbocycles. The van der Waals surface area contributed by atoms with E-state index < -0.39 is 11.9 Å². The van der Waals surface area contributed by atoms with Gasteiger partial charge in [-0.15, -0.1) is 0 Å². The third kappa shape index (κ3) is 8.12. The zero-order valence-corrected chi connectivity index (χ0v) is 26.1. The summed E-state index contributed by atoms with van der Waals surface area (Å²) in [5.41, 5.74) is 16.9. The fraction of sp³-hybridized carbons (Fsp3) is 0.0833. The van der Waals surface area contributed by atoms with Crippen molar-refractivity contribution < 1.29 is 28.3 Å². The third-order valence-corrected chi connectivity index (χ3v) is 6.66. The number of rotatable bonds is 4. The molecule has 48 heavy (non-hydrogen) atoms. The number of nitrogens with zero attached hydrogens (tertiary/aromatic N) is 1. The number of nitrogens with two attached hydrogens (primary N) is 2. The van der Waals surface area contributed by atoms with Crippen molar-refractivity contribution in [3.8, 4) is 22.3 Å². The molecule has 0 aliphatic rings. The molecule has 0 aliphatic heterocycles. The number of nitrogens with one attached hydrogen (secondary N) is 2. The van der Waals surface area contributed by atoms with Crippen LogP contribution in [0, 0.1) is 5.41 Å². The molecule has 3 heterocycles. The monoisotopic (exact) mass is 647 g/mol. The zero-order chi connectivity index (χ0) is 34.6. The van der Waals surface area contributed by atoms with Gasteiger partial charge in [-0.2, -0.15) is 0 Å². The van der Waals surface area contributed by atoms with Crippen molar-refractivity contribution in [2.75, 3.05) is 12.3 Å². The van der Waals surface area contributed by atoms with E-state index in [-0.39, 0.29) is 23.5 Å². The number of esters is 1. The summed E-state index contributed by atoms with van der Waals surface area (Å²) in [5.74, 6) is -1.30. The molecule has 7 N–H and O–H groups in total. The number of hydrogen-bond donors (Lipinski definition) is 5. The number of ether oxygens (including phenoxy) is 1. The van der Waals surface area contributed by atoms with Gasteiger partial charge in [0.25, 0.3) is 11.5 Å². The summed E-state index contributed by atoms with van der Waals surface area (Å²) in [6.07, 6.45) is 2.15. The van der Waals surface area contributed by atoms with Crippen LogP contribution in [0.4, 0.5) is 5.69 Å². The van der Waals surface area contributed by atoms with Gasteiger partial charge in [-0.05, 0) is 53.4 Å². The van der Waals surface area contributed by atoms with Crippen molar-refractivity contribution in [2.24, 2.45) is 5.73 Å². The minimum atomic E-state index is -0.833. The first-order valence-corrected chi connectivity index (χ1v) is 14.6. The molecule has 0 saturated heterocycles. The molecule has 0 fully saturated rings. The lowest BCUT2D eigenvalue weighted by Gasteiger charge is -2.01. The van der Waals surface area contributed by atoms with Crippen molar-refractivity contribution in [1.29, 1.82) is 5.41 Å². The number of carbonyl (C=O) groups excluding carboxylic acids is 1. The normalized spacial score (nSPS) is 10.1. The molecule has 7 aromatic rings. The van der Waals surface area contributed by atoms with E-state index in [1.54, 1.807) is 6.92 Å². The second kappa shape index (κ2) is 16.0. The van der Waals surface area contributed by atoms with Gasteiger partial charge in [0.2, 0.25) is 11.3 Å². The van der Waals surface area contributed by atoms with E-state index in [4.69, 9.17) is 34.6 Å². The largest absolute Gasteiger partial charge is 0.481 e. The number of H-pyrrole nitrogens is 1. The summed E-state index contributed by atoms with van der Waals surface area (Å²) in [7, 11) is 0. The number of furan rings is 2. The Morgan fingerprint density at radius 3 is 1.90 bits per heavy atom. The number of aromatic nitrogens is 2. The summed E-state index contributed by atoms with van der Waals surface area (Å²) in [6.45, 7) is 3.11. The fourth-order valence-corrected chi connectivity index (χ4v) is 4.67. The number of anilines is 1. The summed E-state index contributed by atoms with van der Waals surface area (Å²) >= 11 is 0. The molecule has 0 bridgehead atoms. The molecule has 0 spiro atoms. The highest BCUT2D eigenvalue weighted by atomic mass is 16.5. The van der Waals surface area contributed by atoms with Gasteiger partial charge in [0.15, 0.2) is 0 Å². The maximum atomic E-state index is 11.8. The molecule has 0 saturated carbocycles. The highest BCUT2D eigenvalue weighted by molar-refractivity contribution is 6.05. The Morgan fingerprint density at radius 1 is 0.875 bits per heavy atom. The standard InChI is InChI=1S/C17H15NO3.C16H10N2O2.C2H4O2.CH4N2/c1-2-20-17(19)16-15(18)13-10-12(8-9-14(13)21-16)11-6-4-3-5-7-11;19-16-15-14(17-9-18-16)12-8-11(6-7-13(12)20-15)10-4-2-1-3-5-10;1-2(3)4;2-1-3/h3-10H,2,18H2,1H3;1-9H,(H,17,18,19);1H3,(H,3,4);1H,(H3,2,3). The number of carboxylic acids is 1. The molecule has 0 amide bonds. The molecular weight excluding hydrogens is 614 g/mol. The van der Waals surface area contributed by atoms with Crippen molar-refractivity contribution in [3.63, 3.8) is 0 Å². The number of carbonyl (C=O) groups is 2. The third-order valence-electron chi connectivity index (χ3n) is 6.66. The number of nitrogen functional groups attached to an aromatic ring is 1. The Bertz CT molecular complexity index is 2220. The molecule has 3 aromatic heterocycles. The lowest BCUT2D eigenvalue weighted by atomic mass is 10.0. The topological polar surface area (TPSA) is 212 Å². The van der Waals surface area contributed by atoms with Gasteiger partial charge < -0.3 is 35.1 Å². The Morgan fingerprint density at radius 2 is 1.38 bits per heavy atom. The average Bonchev–Trinajstić information content (AvgIpc) is 3.64. The van der Waals surface area contributed by atoms with Crippen LogP contribution in [0.15, 0.2) is 117 Å². The van der Waals surface area contributed by atoms with Crippen LogP contribution in [0.5, 0.6) is 0 Å². The molecule has 244 valence electrons. The van der Waals surface area contributed by atoms with E-state index in [1.165, 1.54) is 6.33 Å². The van der Waals surface area contributed by atoms with Crippen LogP contribution in [0.25, 0.3) is 55.3 Å². The Balaban J connectivity index is 0.000000182. The van der Waals surface area contributed by atoms with Crippen LogP contribution >= 0.6 is 0 Å². The van der Waals surface area contributed by atoms with Crippen LogP contribution in [-0.4, -0.2) is 40.0 Å². The van der Waals surface area contributed by atoms with Gasteiger partial charge in [0.05, 0.1) is 25.0 Å². The quantitative estimate of drug-likeness (QED) is 0.0762. The van der Waals surface area contributed by atoms with Gasteiger partial charge in [0.1, 0.15) is 16.7 Å². The summed E-state index contributed by atoms with van der Waals surface area (Å²) in [6, 6.07) is 31.6. The first-order chi connectivity index (χ1) is 23.2. The summed E-state index contributed by atoms with van der Waals surface area (Å²) < 4.78 is 16.0. The van der Waals surface area contributed by atoms with E-state index in [0.717, 1.165) is 46.3 Å². The van der Waals surface area contributed by atoms with E-state index in [1.807, 2.05) is 97.1 Å². The second-order valence-corrected chi connectivity index (χ2v) is 9.92. The predicted octanol–water partition coefficient (Wildman–Crippen LogP) is 6.84. The fourth-order valence-electron chi connectivity index (χ4n) is 4.67. The van der Waals surface area contributed by atoms with E-state index >= 15 is 0 Å². The summed E-state index contributed by atoms with van der Waals surface area (Å²) in [4.78, 5) is 39.2. The average molecular weight is 648 g/mol. The number of hydrogen-bond acceptors (Lipinski definition) is 9. The van der Waals surface area contributed by atoms with Crippen molar-refractivity contribution in [1.82, 2.24) is 9.97 Å². The minimum Gasteiger partial charge on any atom is -0.481 e. The van der Waals surface area contributed by atoms with Crippen molar-refractivity contribution in [2.45, 2.75) is 13.8 Å². The molecule has 7 rings (SSSR count). The van der Waals surface area contributed by atoms with E-state index in [2.05, 4.69) is 15.7 Å². The smallest absolute Gasteiger partial charge is 0.376 e. The minimum absolute atomic E-state index is 0.0667. The molecule has 0 atom stereocenters. The van der Waals surface area contributed by atoms with E-state index in [9.17, 15) is 9.59 Å². The van der Waals surface area contributed by atoms with Crippen LogP contribution in [0.3, 0.4) is 0 Å². The first-order valence-electron chi connectivity index (χ1n) is 14.6. The van der Waals surface area contributed by atoms with Crippen molar-refractivity contribution in [3.05, 3.63) is 120 Å². The van der Waals surface area contributed by atoms with Gasteiger partial charge in [-0.3, -0.25) is 15.0 Å². The highest BCUT2D eigenvalue weighted by Crippen LogP contribution is 2.33. The lowest BCUT2D eigenvalue weighted by molar-refractivity contribution is -0.134. The molecular formula is C36H33N5O7. The number of aliphatic carboxylic acids is 1. The van der Waals surface area contributed by atoms with Crippen LogP contribution in [0.2, 0.25) is 0 Å². The Hall–Kier alpha value is -6.69. The Labute approximate surface area is 274 Å². The second-order valence-electron chi connectivity index (χ2n) is 9.92. The number of fused-ring (bicyclic) bond motifs is 4. The molecule has 4 aromatic carbocycles. The summed E-state index contributed by atoms with van der Waals surface area (Å²) in [5, 5.41) is 14.9. The lowest BCUT2D eigenvalue weighted by Crippen LogP contribution is -2.05.